The Morgan fingerprint density at radius 3 is 1.84 bits per heavy atom. The van der Waals surface area contributed by atoms with E-state index in [2.05, 4.69) is 80.0 Å². The van der Waals surface area contributed by atoms with Crippen LogP contribution < -0.4 is 20.3 Å². The summed E-state index contributed by atoms with van der Waals surface area (Å²) in [7, 11) is 0. The molecule has 1 spiro atoms. The van der Waals surface area contributed by atoms with Gasteiger partial charge in [0.05, 0.1) is 0 Å². The predicted molar refractivity (Wildman–Crippen MR) is 151 cm³/mol. The second kappa shape index (κ2) is 10.1. The van der Waals surface area contributed by atoms with Gasteiger partial charge in [0.2, 0.25) is 0 Å². The topological polar surface area (TPSA) is 62.0 Å². The van der Waals surface area contributed by atoms with Crippen molar-refractivity contribution in [1.29, 1.82) is 0 Å². The van der Waals surface area contributed by atoms with Crippen LogP contribution in [0.4, 0.5) is 11.4 Å². The lowest BCUT2D eigenvalue weighted by Crippen LogP contribution is -2.48. The number of hydrogen-bond acceptors (Lipinski definition) is 5. The minimum Gasteiger partial charge on any atom is -0.456 e. The molecule has 2 N–H and O–H groups in total. The summed E-state index contributed by atoms with van der Waals surface area (Å²) < 4.78 is 6.71. The van der Waals surface area contributed by atoms with Crippen LogP contribution in [0.25, 0.3) is 0 Å². The lowest BCUT2D eigenvalue weighted by molar-refractivity contribution is 0.0664. The van der Waals surface area contributed by atoms with Crippen LogP contribution in [0.1, 0.15) is 61.2 Å². The molecule has 0 aliphatic carbocycles. The third-order valence-corrected chi connectivity index (χ3v) is 7.97. The van der Waals surface area contributed by atoms with E-state index in [0.29, 0.717) is 13.1 Å². The fraction of sp³-hybridized carbons (Fsp3) is 0.387. The number of ether oxygens (including phenoxy) is 1. The third kappa shape index (κ3) is 3.77. The summed E-state index contributed by atoms with van der Waals surface area (Å²) in [5.74, 6) is 1.65. The first kappa shape index (κ1) is 25.2. The number of fused-ring (bicyclic) bond motifs is 6. The van der Waals surface area contributed by atoms with Gasteiger partial charge in [0, 0.05) is 72.9 Å². The Morgan fingerprint density at radius 1 is 0.784 bits per heavy atom. The van der Waals surface area contributed by atoms with Crippen LogP contribution in [-0.2, 0) is 5.54 Å². The number of hydrogen-bond donors (Lipinski definition) is 1. The highest BCUT2D eigenvalue weighted by Gasteiger charge is 2.56. The van der Waals surface area contributed by atoms with Gasteiger partial charge in [0.25, 0.3) is 5.91 Å². The van der Waals surface area contributed by atoms with Crippen LogP contribution in [0.15, 0.2) is 60.7 Å². The molecule has 0 atom stereocenters. The first-order chi connectivity index (χ1) is 18.0. The van der Waals surface area contributed by atoms with Gasteiger partial charge in [-0.2, -0.15) is 0 Å². The molecule has 194 valence electrons. The van der Waals surface area contributed by atoms with E-state index in [9.17, 15) is 4.79 Å². The van der Waals surface area contributed by atoms with Gasteiger partial charge in [-0.3, -0.25) is 4.79 Å². The molecular formula is C31H38N4O2. The van der Waals surface area contributed by atoms with Crippen LogP contribution in [0.5, 0.6) is 11.5 Å². The highest BCUT2D eigenvalue weighted by Crippen LogP contribution is 2.58. The van der Waals surface area contributed by atoms with Gasteiger partial charge in [0.15, 0.2) is 0 Å². The van der Waals surface area contributed by atoms with E-state index >= 15 is 0 Å². The zero-order valence-corrected chi connectivity index (χ0v) is 22.5. The molecule has 0 saturated heterocycles. The van der Waals surface area contributed by atoms with Crippen molar-refractivity contribution in [3.8, 4) is 11.5 Å². The fourth-order valence-corrected chi connectivity index (χ4v) is 6.15. The number of nitrogens with two attached hydrogens (primary N) is 1. The molecule has 6 nitrogen and oxygen atoms in total. The molecule has 3 aromatic rings. The SMILES string of the molecule is CCN(CC)c1ccc2c(c1)Oc1cc(N(CC)CC)ccc1C21c2ccccc2C(=O)N1CCCN. The monoisotopic (exact) mass is 498 g/mol. The summed E-state index contributed by atoms with van der Waals surface area (Å²) in [4.78, 5) is 20.6. The summed E-state index contributed by atoms with van der Waals surface area (Å²) in [6.07, 6.45) is 0.724. The lowest BCUT2D eigenvalue weighted by atomic mass is 9.74. The summed E-state index contributed by atoms with van der Waals surface area (Å²) in [6, 6.07) is 21.0. The summed E-state index contributed by atoms with van der Waals surface area (Å²) >= 11 is 0. The van der Waals surface area contributed by atoms with Crippen LogP contribution in [0.3, 0.4) is 0 Å². The van der Waals surface area contributed by atoms with Gasteiger partial charge in [-0.25, -0.2) is 0 Å². The standard InChI is InChI=1S/C31H38N4O2/c1-5-33(6-2)22-14-16-26-28(20-22)37-29-21-23(34(7-3)8-4)15-17-27(29)31(26)25-13-10-9-12-24(25)30(36)35(31)19-11-18-32/h9-10,12-17,20-21H,5-8,11,18-19,32H2,1-4H3. The van der Waals surface area contributed by atoms with Crippen molar-refractivity contribution < 1.29 is 9.53 Å². The lowest BCUT2D eigenvalue weighted by Gasteiger charge is -2.45. The highest BCUT2D eigenvalue weighted by atomic mass is 16.5. The van der Waals surface area contributed by atoms with Crippen LogP contribution in [-0.4, -0.2) is 50.1 Å². The number of rotatable bonds is 9. The Kier molecular flexibility index (Phi) is 6.86. The number of anilines is 2. The smallest absolute Gasteiger partial charge is 0.255 e. The van der Waals surface area contributed by atoms with Gasteiger partial charge in [-0.1, -0.05) is 30.3 Å². The van der Waals surface area contributed by atoms with Crippen LogP contribution in [0.2, 0.25) is 0 Å². The van der Waals surface area contributed by atoms with Crippen LogP contribution in [0, 0.1) is 0 Å². The molecule has 0 fully saturated rings. The molecule has 0 radical (unpaired) electrons. The zero-order chi connectivity index (χ0) is 26.2. The van der Waals surface area contributed by atoms with E-state index < -0.39 is 5.54 Å². The summed E-state index contributed by atoms with van der Waals surface area (Å²) in [6.45, 7) is 13.4. The van der Waals surface area contributed by atoms with Crippen molar-refractivity contribution in [3.05, 3.63) is 82.9 Å². The van der Waals surface area contributed by atoms with Crippen LogP contribution >= 0.6 is 0 Å². The number of carbonyl (C=O) groups is 1. The molecule has 0 saturated carbocycles. The van der Waals surface area contributed by atoms with E-state index in [0.717, 1.165) is 77.7 Å². The van der Waals surface area contributed by atoms with Crippen molar-refractivity contribution >= 4 is 17.3 Å². The molecule has 2 aliphatic heterocycles. The second-order valence-corrected chi connectivity index (χ2v) is 9.66. The molecule has 0 aromatic heterocycles. The van der Waals surface area contributed by atoms with Gasteiger partial charge >= 0.3 is 0 Å². The van der Waals surface area contributed by atoms with Crippen molar-refractivity contribution in [2.24, 2.45) is 5.73 Å². The van der Waals surface area contributed by atoms with Crippen molar-refractivity contribution in [2.45, 2.75) is 39.7 Å². The van der Waals surface area contributed by atoms with E-state index in [4.69, 9.17) is 10.5 Å². The maximum absolute atomic E-state index is 14.0. The normalized spacial score (nSPS) is 14.7. The molecule has 2 heterocycles. The average molecular weight is 499 g/mol. The minimum absolute atomic E-state index is 0.0449. The first-order valence-electron chi connectivity index (χ1n) is 13.6. The van der Waals surface area contributed by atoms with Crippen molar-refractivity contribution in [2.75, 3.05) is 49.1 Å². The molecule has 0 unspecified atom stereocenters. The zero-order valence-electron chi connectivity index (χ0n) is 22.5. The van der Waals surface area contributed by atoms with Crippen molar-refractivity contribution in [1.82, 2.24) is 4.90 Å². The third-order valence-electron chi connectivity index (χ3n) is 7.97. The number of benzene rings is 3. The molecule has 6 heteroatoms. The Hall–Kier alpha value is -3.51. The Labute approximate surface area is 220 Å². The molecule has 5 rings (SSSR count). The second-order valence-electron chi connectivity index (χ2n) is 9.66. The molecule has 3 aromatic carbocycles. The predicted octanol–water partition coefficient (Wildman–Crippen LogP) is 5.58. The Bertz CT molecular complexity index is 1230. The maximum Gasteiger partial charge on any atom is 0.255 e. The summed E-state index contributed by atoms with van der Waals surface area (Å²) in [5.41, 5.74) is 11.2. The minimum atomic E-state index is -0.769. The molecule has 1 amide bonds. The molecular weight excluding hydrogens is 460 g/mol. The van der Waals surface area contributed by atoms with E-state index in [1.165, 1.54) is 0 Å². The largest absolute Gasteiger partial charge is 0.456 e. The maximum atomic E-state index is 14.0. The Balaban J connectivity index is 1.81. The average Bonchev–Trinajstić information content (AvgIpc) is 3.17. The number of nitrogens with zero attached hydrogens (tertiary/aromatic N) is 3. The fourth-order valence-electron chi connectivity index (χ4n) is 6.15. The molecule has 0 bridgehead atoms. The van der Waals surface area contributed by atoms with E-state index in [-0.39, 0.29) is 5.91 Å². The van der Waals surface area contributed by atoms with E-state index in [1.54, 1.807) is 0 Å². The van der Waals surface area contributed by atoms with Gasteiger partial charge in [0.1, 0.15) is 17.0 Å². The first-order valence-corrected chi connectivity index (χ1v) is 13.6. The van der Waals surface area contributed by atoms with Gasteiger partial charge in [-0.05, 0) is 64.4 Å². The number of carbonyl (C=O) groups excluding carboxylic acids is 1. The molecule has 37 heavy (non-hydrogen) atoms. The van der Waals surface area contributed by atoms with Gasteiger partial charge < -0.3 is 25.2 Å². The van der Waals surface area contributed by atoms with Crippen molar-refractivity contribution in [3.63, 3.8) is 0 Å². The summed E-state index contributed by atoms with van der Waals surface area (Å²) in [5, 5.41) is 0. The highest BCUT2D eigenvalue weighted by molar-refractivity contribution is 6.02. The quantitative estimate of drug-likeness (QED) is 0.417. The van der Waals surface area contributed by atoms with E-state index in [1.807, 2.05) is 23.1 Å². The Morgan fingerprint density at radius 2 is 1.32 bits per heavy atom. The van der Waals surface area contributed by atoms with Gasteiger partial charge in [-0.15, -0.1) is 0 Å². The number of amides is 1. The molecule has 2 aliphatic rings.